The Bertz CT molecular complexity index is 766. The number of thiophene rings is 1. The van der Waals surface area contributed by atoms with Crippen molar-refractivity contribution in [3.8, 4) is 0 Å². The molecule has 0 amide bonds. The van der Waals surface area contributed by atoms with Crippen LogP contribution in [0.3, 0.4) is 0 Å². The molecule has 1 saturated heterocycles. The van der Waals surface area contributed by atoms with Crippen molar-refractivity contribution in [1.29, 1.82) is 0 Å². The lowest BCUT2D eigenvalue weighted by Gasteiger charge is -2.33. The number of benzene rings is 1. The summed E-state index contributed by atoms with van der Waals surface area (Å²) < 4.78 is 33.5. The Balaban J connectivity index is 1.78. The zero-order valence-corrected chi connectivity index (χ0v) is 16.2. The van der Waals surface area contributed by atoms with Gasteiger partial charge in [-0.05, 0) is 43.2 Å². The van der Waals surface area contributed by atoms with Gasteiger partial charge in [0.15, 0.2) is 0 Å². The molecular formula is C19H25NO3S2. The van der Waals surface area contributed by atoms with Gasteiger partial charge >= 0.3 is 0 Å². The van der Waals surface area contributed by atoms with Gasteiger partial charge < -0.3 is 4.74 Å². The first-order valence-corrected chi connectivity index (χ1v) is 11.2. The summed E-state index contributed by atoms with van der Waals surface area (Å²) >= 11 is 1.68. The summed E-state index contributed by atoms with van der Waals surface area (Å²) in [6, 6.07) is 11.9. The molecule has 136 valence electrons. The van der Waals surface area contributed by atoms with Crippen LogP contribution in [-0.4, -0.2) is 38.5 Å². The van der Waals surface area contributed by atoms with Crippen LogP contribution in [0.5, 0.6) is 0 Å². The Labute approximate surface area is 154 Å². The molecule has 0 aliphatic carbocycles. The summed E-state index contributed by atoms with van der Waals surface area (Å²) in [5.41, 5.74) is 1.94. The van der Waals surface area contributed by atoms with Crippen molar-refractivity contribution < 1.29 is 13.2 Å². The molecule has 1 aliphatic heterocycles. The predicted octanol–water partition coefficient (Wildman–Crippen LogP) is 3.61. The first-order valence-electron chi connectivity index (χ1n) is 8.70. The second-order valence-corrected chi connectivity index (χ2v) is 9.48. The van der Waals surface area contributed by atoms with E-state index in [-0.39, 0.29) is 11.8 Å². The third-order valence-electron chi connectivity index (χ3n) is 4.55. The van der Waals surface area contributed by atoms with E-state index in [1.54, 1.807) is 15.6 Å². The molecule has 0 saturated carbocycles. The number of rotatable bonds is 7. The van der Waals surface area contributed by atoms with E-state index in [1.165, 1.54) is 4.88 Å². The predicted molar refractivity (Wildman–Crippen MR) is 102 cm³/mol. The fourth-order valence-corrected chi connectivity index (χ4v) is 5.79. The Kier molecular flexibility index (Phi) is 6.28. The fraction of sp³-hybridized carbons (Fsp3) is 0.474. The van der Waals surface area contributed by atoms with Crippen LogP contribution in [-0.2, 0) is 26.9 Å². The van der Waals surface area contributed by atoms with E-state index in [0.717, 1.165) is 30.4 Å². The van der Waals surface area contributed by atoms with Crippen LogP contribution in [0.25, 0.3) is 0 Å². The molecule has 0 atom stereocenters. The van der Waals surface area contributed by atoms with Crippen LogP contribution >= 0.6 is 11.3 Å². The summed E-state index contributed by atoms with van der Waals surface area (Å²) in [7, 11) is -3.36. The SMILES string of the molecule is Cc1cccc(CS(=O)(=O)N(CCc2cccs2)C2CCOCC2)c1. The van der Waals surface area contributed by atoms with E-state index < -0.39 is 10.0 Å². The van der Waals surface area contributed by atoms with Gasteiger partial charge in [-0.25, -0.2) is 8.42 Å². The molecule has 1 fully saturated rings. The Hall–Kier alpha value is -1.21. The van der Waals surface area contributed by atoms with Crippen LogP contribution in [0.1, 0.15) is 28.8 Å². The maximum atomic E-state index is 13.2. The number of aryl methyl sites for hydroxylation is 1. The summed E-state index contributed by atoms with van der Waals surface area (Å²) in [5.74, 6) is 0.0660. The van der Waals surface area contributed by atoms with Crippen LogP contribution < -0.4 is 0 Å². The average Bonchev–Trinajstić information content (AvgIpc) is 3.09. The molecule has 6 heteroatoms. The Morgan fingerprint density at radius 2 is 2.00 bits per heavy atom. The van der Waals surface area contributed by atoms with Crippen molar-refractivity contribution in [3.05, 3.63) is 57.8 Å². The van der Waals surface area contributed by atoms with Gasteiger partial charge in [0.05, 0.1) is 5.75 Å². The average molecular weight is 380 g/mol. The molecular weight excluding hydrogens is 354 g/mol. The standard InChI is InChI=1S/C19H25NO3S2/c1-16-4-2-5-17(14-16)15-25(21,22)20(18-8-11-23-12-9-18)10-7-19-6-3-13-24-19/h2-6,13-14,18H,7-12,15H2,1H3. The fourth-order valence-electron chi connectivity index (χ4n) is 3.29. The minimum Gasteiger partial charge on any atom is -0.381 e. The first kappa shape index (κ1) is 18.6. The second kappa shape index (κ2) is 8.45. The zero-order valence-electron chi connectivity index (χ0n) is 14.6. The van der Waals surface area contributed by atoms with Crippen molar-refractivity contribution in [2.24, 2.45) is 0 Å². The van der Waals surface area contributed by atoms with Crippen molar-refractivity contribution in [1.82, 2.24) is 4.31 Å². The molecule has 0 N–H and O–H groups in total. The minimum atomic E-state index is -3.36. The zero-order chi connectivity index (χ0) is 17.7. The van der Waals surface area contributed by atoms with E-state index in [0.29, 0.717) is 19.8 Å². The topological polar surface area (TPSA) is 46.6 Å². The van der Waals surface area contributed by atoms with E-state index >= 15 is 0 Å². The lowest BCUT2D eigenvalue weighted by atomic mass is 10.1. The Morgan fingerprint density at radius 1 is 1.20 bits per heavy atom. The molecule has 4 nitrogen and oxygen atoms in total. The molecule has 0 unspecified atom stereocenters. The second-order valence-electron chi connectivity index (χ2n) is 6.53. The number of hydrogen-bond acceptors (Lipinski definition) is 4. The van der Waals surface area contributed by atoms with E-state index in [2.05, 4.69) is 6.07 Å². The number of ether oxygens (including phenoxy) is 1. The van der Waals surface area contributed by atoms with Gasteiger partial charge in [0, 0.05) is 30.7 Å². The number of hydrogen-bond donors (Lipinski definition) is 0. The van der Waals surface area contributed by atoms with Gasteiger partial charge in [-0.15, -0.1) is 11.3 Å². The van der Waals surface area contributed by atoms with Crippen LogP contribution in [0, 0.1) is 6.92 Å². The summed E-state index contributed by atoms with van der Waals surface area (Å²) in [6.07, 6.45) is 2.32. The minimum absolute atomic E-state index is 0.0449. The molecule has 2 heterocycles. The third-order valence-corrected chi connectivity index (χ3v) is 7.38. The number of nitrogens with zero attached hydrogens (tertiary/aromatic N) is 1. The molecule has 0 radical (unpaired) electrons. The van der Waals surface area contributed by atoms with E-state index in [1.807, 2.05) is 42.6 Å². The van der Waals surface area contributed by atoms with Gasteiger partial charge in [0.25, 0.3) is 0 Å². The maximum Gasteiger partial charge on any atom is 0.218 e. The van der Waals surface area contributed by atoms with Crippen molar-refractivity contribution in [3.63, 3.8) is 0 Å². The highest BCUT2D eigenvalue weighted by Gasteiger charge is 2.31. The Morgan fingerprint density at radius 3 is 2.68 bits per heavy atom. The highest BCUT2D eigenvalue weighted by Crippen LogP contribution is 2.22. The molecule has 1 aromatic carbocycles. The maximum absolute atomic E-state index is 13.2. The molecule has 1 aromatic heterocycles. The summed E-state index contributed by atoms with van der Waals surface area (Å²) in [5, 5.41) is 2.04. The van der Waals surface area contributed by atoms with Gasteiger partial charge in [0.2, 0.25) is 10.0 Å². The molecule has 25 heavy (non-hydrogen) atoms. The monoisotopic (exact) mass is 379 g/mol. The molecule has 0 spiro atoms. The van der Waals surface area contributed by atoms with Gasteiger partial charge in [0.1, 0.15) is 0 Å². The highest BCUT2D eigenvalue weighted by molar-refractivity contribution is 7.88. The van der Waals surface area contributed by atoms with Crippen LogP contribution in [0.4, 0.5) is 0 Å². The first-order chi connectivity index (χ1) is 12.0. The summed E-state index contributed by atoms with van der Waals surface area (Å²) in [4.78, 5) is 1.22. The smallest absolute Gasteiger partial charge is 0.218 e. The van der Waals surface area contributed by atoms with Crippen molar-refractivity contribution in [2.75, 3.05) is 19.8 Å². The lowest BCUT2D eigenvalue weighted by Crippen LogP contribution is -2.44. The van der Waals surface area contributed by atoms with Crippen molar-refractivity contribution in [2.45, 2.75) is 38.0 Å². The molecule has 3 rings (SSSR count). The molecule has 0 bridgehead atoms. The van der Waals surface area contributed by atoms with Gasteiger partial charge in [-0.3, -0.25) is 0 Å². The normalized spacial score (nSPS) is 16.4. The van der Waals surface area contributed by atoms with Crippen LogP contribution in [0.2, 0.25) is 0 Å². The van der Waals surface area contributed by atoms with Crippen molar-refractivity contribution >= 4 is 21.4 Å². The third kappa shape index (κ3) is 5.14. The summed E-state index contributed by atoms with van der Waals surface area (Å²) in [6.45, 7) is 3.81. The quantitative estimate of drug-likeness (QED) is 0.738. The highest BCUT2D eigenvalue weighted by atomic mass is 32.2. The van der Waals surface area contributed by atoms with Gasteiger partial charge in [-0.2, -0.15) is 4.31 Å². The van der Waals surface area contributed by atoms with E-state index in [4.69, 9.17) is 4.74 Å². The lowest BCUT2D eigenvalue weighted by molar-refractivity contribution is 0.0586. The molecule has 1 aliphatic rings. The van der Waals surface area contributed by atoms with E-state index in [9.17, 15) is 8.42 Å². The van der Waals surface area contributed by atoms with Gasteiger partial charge in [-0.1, -0.05) is 35.9 Å². The number of sulfonamides is 1. The van der Waals surface area contributed by atoms with Crippen LogP contribution in [0.15, 0.2) is 41.8 Å². The largest absolute Gasteiger partial charge is 0.381 e. The molecule has 2 aromatic rings.